The molecule has 148 valence electrons. The molecule has 4 rings (SSSR count). The van der Waals surface area contributed by atoms with Crippen molar-refractivity contribution >= 4 is 28.4 Å². The van der Waals surface area contributed by atoms with E-state index >= 15 is 0 Å². The first kappa shape index (κ1) is 19.4. The number of hydrogen-bond donors (Lipinski definition) is 0. The minimum atomic E-state index is 0.597. The molecule has 1 fully saturated rings. The SMILES string of the molecule is N#Cc1ccc(N=Nc2ccc(N=Nc3ccc(N4CCOCC4)cc3)cc2)cc1. The summed E-state index contributed by atoms with van der Waals surface area (Å²) >= 11 is 0. The normalized spacial score (nSPS) is 14.3. The lowest BCUT2D eigenvalue weighted by molar-refractivity contribution is 0.122. The molecule has 0 spiro atoms. The molecule has 0 atom stereocenters. The highest BCUT2D eigenvalue weighted by atomic mass is 16.5. The number of azo groups is 2. The fourth-order valence-corrected chi connectivity index (χ4v) is 2.97. The van der Waals surface area contributed by atoms with E-state index in [1.165, 1.54) is 5.69 Å². The monoisotopic (exact) mass is 396 g/mol. The molecule has 30 heavy (non-hydrogen) atoms. The topological polar surface area (TPSA) is 85.7 Å². The molecule has 0 radical (unpaired) electrons. The molecule has 0 bridgehead atoms. The molecule has 3 aromatic carbocycles. The number of morpholine rings is 1. The van der Waals surface area contributed by atoms with Gasteiger partial charge in [0.05, 0.1) is 47.6 Å². The Balaban J connectivity index is 1.36. The van der Waals surface area contributed by atoms with Gasteiger partial charge in [-0.1, -0.05) is 0 Å². The zero-order valence-electron chi connectivity index (χ0n) is 16.3. The van der Waals surface area contributed by atoms with Crippen LogP contribution in [-0.2, 0) is 4.74 Å². The Bertz CT molecular complexity index is 1060. The summed E-state index contributed by atoms with van der Waals surface area (Å²) in [6.07, 6.45) is 0. The van der Waals surface area contributed by atoms with Crippen LogP contribution in [0.3, 0.4) is 0 Å². The summed E-state index contributed by atoms with van der Waals surface area (Å²) in [6, 6.07) is 24.4. The average Bonchev–Trinajstić information content (AvgIpc) is 2.83. The van der Waals surface area contributed by atoms with Crippen LogP contribution in [0.25, 0.3) is 0 Å². The lowest BCUT2D eigenvalue weighted by Gasteiger charge is -2.28. The molecular formula is C23H20N6O. The maximum atomic E-state index is 8.82. The van der Waals surface area contributed by atoms with E-state index in [9.17, 15) is 0 Å². The highest BCUT2D eigenvalue weighted by molar-refractivity contribution is 5.53. The van der Waals surface area contributed by atoms with Gasteiger partial charge in [-0.25, -0.2) is 0 Å². The van der Waals surface area contributed by atoms with Gasteiger partial charge in [-0.05, 0) is 72.8 Å². The third kappa shape index (κ3) is 5.13. The van der Waals surface area contributed by atoms with E-state index in [1.807, 2.05) is 36.4 Å². The number of anilines is 1. The molecule has 0 aliphatic carbocycles. The Labute approximate surface area is 175 Å². The summed E-state index contributed by atoms with van der Waals surface area (Å²) in [5.74, 6) is 0. The summed E-state index contributed by atoms with van der Waals surface area (Å²) in [4.78, 5) is 2.30. The first-order valence-electron chi connectivity index (χ1n) is 9.67. The van der Waals surface area contributed by atoms with Crippen molar-refractivity contribution in [2.24, 2.45) is 20.5 Å². The number of benzene rings is 3. The summed E-state index contributed by atoms with van der Waals surface area (Å²) in [7, 11) is 0. The lowest BCUT2D eigenvalue weighted by Crippen LogP contribution is -2.36. The Morgan fingerprint density at radius 2 is 1.03 bits per heavy atom. The molecule has 1 aliphatic rings. The smallest absolute Gasteiger partial charge is 0.0991 e. The minimum absolute atomic E-state index is 0.597. The summed E-state index contributed by atoms with van der Waals surface area (Å²) in [5.41, 5.74) is 4.72. The van der Waals surface area contributed by atoms with Crippen molar-refractivity contribution in [1.29, 1.82) is 5.26 Å². The van der Waals surface area contributed by atoms with Crippen molar-refractivity contribution in [2.45, 2.75) is 0 Å². The van der Waals surface area contributed by atoms with Gasteiger partial charge in [0.25, 0.3) is 0 Å². The molecule has 1 heterocycles. The maximum Gasteiger partial charge on any atom is 0.0991 e. The Morgan fingerprint density at radius 3 is 1.47 bits per heavy atom. The van der Waals surface area contributed by atoms with Crippen LogP contribution in [0, 0.1) is 11.3 Å². The third-order valence-electron chi connectivity index (χ3n) is 4.63. The second kappa shape index (κ2) is 9.54. The van der Waals surface area contributed by atoms with Crippen molar-refractivity contribution in [3.63, 3.8) is 0 Å². The highest BCUT2D eigenvalue weighted by Gasteiger charge is 2.10. The minimum Gasteiger partial charge on any atom is -0.378 e. The predicted molar refractivity (Wildman–Crippen MR) is 115 cm³/mol. The van der Waals surface area contributed by atoms with Crippen LogP contribution in [0.5, 0.6) is 0 Å². The van der Waals surface area contributed by atoms with Gasteiger partial charge < -0.3 is 9.64 Å². The molecule has 1 saturated heterocycles. The van der Waals surface area contributed by atoms with Crippen molar-refractivity contribution < 1.29 is 4.74 Å². The van der Waals surface area contributed by atoms with E-state index in [0.717, 1.165) is 37.7 Å². The molecule has 0 unspecified atom stereocenters. The van der Waals surface area contributed by atoms with E-state index in [0.29, 0.717) is 16.9 Å². The van der Waals surface area contributed by atoms with Crippen LogP contribution in [0.15, 0.2) is 93.3 Å². The van der Waals surface area contributed by atoms with Gasteiger partial charge >= 0.3 is 0 Å². The molecule has 0 amide bonds. The molecular weight excluding hydrogens is 376 g/mol. The van der Waals surface area contributed by atoms with Gasteiger partial charge in [0.1, 0.15) is 0 Å². The van der Waals surface area contributed by atoms with Crippen LogP contribution >= 0.6 is 0 Å². The number of nitrogens with zero attached hydrogens (tertiary/aromatic N) is 6. The average molecular weight is 396 g/mol. The van der Waals surface area contributed by atoms with Crippen molar-refractivity contribution in [1.82, 2.24) is 0 Å². The third-order valence-corrected chi connectivity index (χ3v) is 4.63. The van der Waals surface area contributed by atoms with Gasteiger partial charge in [0.15, 0.2) is 0 Å². The largest absolute Gasteiger partial charge is 0.378 e. The summed E-state index contributed by atoms with van der Waals surface area (Å²) in [5, 5.41) is 25.8. The van der Waals surface area contributed by atoms with Gasteiger partial charge in [-0.2, -0.15) is 25.7 Å². The Morgan fingerprint density at radius 1 is 0.633 bits per heavy atom. The van der Waals surface area contributed by atoms with Gasteiger partial charge in [-0.15, -0.1) is 0 Å². The van der Waals surface area contributed by atoms with Crippen LogP contribution < -0.4 is 4.90 Å². The van der Waals surface area contributed by atoms with E-state index in [2.05, 4.69) is 43.6 Å². The van der Waals surface area contributed by atoms with Crippen LogP contribution in [0.4, 0.5) is 28.4 Å². The van der Waals surface area contributed by atoms with Crippen LogP contribution in [-0.4, -0.2) is 26.3 Å². The zero-order valence-corrected chi connectivity index (χ0v) is 16.3. The molecule has 0 N–H and O–H groups in total. The number of hydrogen-bond acceptors (Lipinski definition) is 7. The first-order chi connectivity index (χ1) is 14.8. The fraction of sp³-hybridized carbons (Fsp3) is 0.174. The van der Waals surface area contributed by atoms with E-state index in [4.69, 9.17) is 10.00 Å². The predicted octanol–water partition coefficient (Wildman–Crippen LogP) is 6.23. The van der Waals surface area contributed by atoms with Crippen molar-refractivity contribution in [2.75, 3.05) is 31.2 Å². The molecule has 1 aliphatic heterocycles. The number of rotatable bonds is 5. The first-order valence-corrected chi connectivity index (χ1v) is 9.67. The Kier molecular flexibility index (Phi) is 6.18. The number of nitriles is 1. The highest BCUT2D eigenvalue weighted by Crippen LogP contribution is 2.25. The standard InChI is InChI=1S/C23H20N6O/c24-17-18-1-3-19(4-2-18)25-26-20-5-7-21(8-6-20)27-28-22-9-11-23(12-10-22)29-13-15-30-16-14-29/h1-12H,13-16H2. The van der Waals surface area contributed by atoms with Gasteiger partial charge in [0.2, 0.25) is 0 Å². The molecule has 7 nitrogen and oxygen atoms in total. The fourth-order valence-electron chi connectivity index (χ4n) is 2.97. The molecule has 3 aromatic rings. The Hall–Kier alpha value is -3.89. The maximum absolute atomic E-state index is 8.82. The molecule has 7 heteroatoms. The zero-order chi connectivity index (χ0) is 20.6. The second-order valence-electron chi connectivity index (χ2n) is 6.69. The van der Waals surface area contributed by atoms with Crippen molar-refractivity contribution in [3.8, 4) is 6.07 Å². The summed E-state index contributed by atoms with van der Waals surface area (Å²) < 4.78 is 5.39. The quantitative estimate of drug-likeness (QED) is 0.479. The van der Waals surface area contributed by atoms with Gasteiger partial charge in [-0.3, -0.25) is 0 Å². The lowest BCUT2D eigenvalue weighted by atomic mass is 10.2. The van der Waals surface area contributed by atoms with Crippen LogP contribution in [0.1, 0.15) is 5.56 Å². The molecule has 0 aromatic heterocycles. The summed E-state index contributed by atoms with van der Waals surface area (Å²) in [6.45, 7) is 3.36. The van der Waals surface area contributed by atoms with Crippen molar-refractivity contribution in [3.05, 3.63) is 78.4 Å². The van der Waals surface area contributed by atoms with E-state index in [-0.39, 0.29) is 0 Å². The number of ether oxygens (including phenoxy) is 1. The van der Waals surface area contributed by atoms with E-state index in [1.54, 1.807) is 24.3 Å². The van der Waals surface area contributed by atoms with E-state index < -0.39 is 0 Å². The second-order valence-corrected chi connectivity index (χ2v) is 6.69. The van der Waals surface area contributed by atoms with Gasteiger partial charge in [0, 0.05) is 18.8 Å². The van der Waals surface area contributed by atoms with Crippen LogP contribution in [0.2, 0.25) is 0 Å². The molecule has 0 saturated carbocycles.